The molecule has 1 N–H and O–H groups in total. The molecule has 3 heteroatoms. The van der Waals surface area contributed by atoms with Crippen LogP contribution in [-0.4, -0.2) is 37.0 Å². The Kier molecular flexibility index (Phi) is 8.06. The van der Waals surface area contributed by atoms with Gasteiger partial charge in [-0.3, -0.25) is 4.79 Å². The normalized spacial score (nSPS) is 12.4. The molecule has 118 valence electrons. The highest BCUT2D eigenvalue weighted by Crippen LogP contribution is 2.23. The molecule has 0 saturated heterocycles. The molecule has 1 atom stereocenters. The summed E-state index contributed by atoms with van der Waals surface area (Å²) in [5.41, 5.74) is 1.37. The van der Waals surface area contributed by atoms with Crippen LogP contribution in [0.25, 0.3) is 0 Å². The summed E-state index contributed by atoms with van der Waals surface area (Å²) in [6.45, 7) is 11.8. The highest BCUT2D eigenvalue weighted by molar-refractivity contribution is 5.76. The molecule has 21 heavy (non-hydrogen) atoms. The van der Waals surface area contributed by atoms with Crippen LogP contribution in [0.5, 0.6) is 0 Å². The second kappa shape index (κ2) is 9.56. The molecule has 0 fully saturated rings. The molecule has 0 heterocycles. The lowest BCUT2D eigenvalue weighted by molar-refractivity contribution is -0.130. The fraction of sp³-hybridized carbons (Fsp3) is 0.611. The Morgan fingerprint density at radius 1 is 1.14 bits per heavy atom. The number of rotatable bonds is 9. The predicted molar refractivity (Wildman–Crippen MR) is 89.4 cm³/mol. The van der Waals surface area contributed by atoms with Gasteiger partial charge in [0.25, 0.3) is 0 Å². The number of benzene rings is 1. The van der Waals surface area contributed by atoms with Crippen molar-refractivity contribution in [2.24, 2.45) is 5.92 Å². The zero-order valence-corrected chi connectivity index (χ0v) is 13.9. The fourth-order valence-electron chi connectivity index (χ4n) is 2.63. The van der Waals surface area contributed by atoms with Crippen molar-refractivity contribution >= 4 is 5.91 Å². The molecule has 1 unspecified atom stereocenters. The van der Waals surface area contributed by atoms with Crippen molar-refractivity contribution in [1.29, 1.82) is 0 Å². The molecular formula is C18H30N2O. The third-order valence-corrected chi connectivity index (χ3v) is 4.03. The number of carbonyl (C=O) groups is 1. The minimum absolute atomic E-state index is 0.244. The lowest BCUT2D eigenvalue weighted by atomic mass is 9.88. The first-order chi connectivity index (χ1) is 10.1. The predicted octanol–water partition coefficient (Wildman–Crippen LogP) is 3.27. The first kappa shape index (κ1) is 17.7. The first-order valence-corrected chi connectivity index (χ1v) is 8.13. The Balaban J connectivity index is 2.40. The maximum atomic E-state index is 11.9. The molecule has 3 nitrogen and oxygen atoms in total. The summed E-state index contributed by atoms with van der Waals surface area (Å²) >= 11 is 0. The minimum atomic E-state index is 0.244. The van der Waals surface area contributed by atoms with Crippen LogP contribution in [0.15, 0.2) is 30.3 Å². The van der Waals surface area contributed by atoms with Gasteiger partial charge < -0.3 is 10.2 Å². The van der Waals surface area contributed by atoms with Crippen LogP contribution in [-0.2, 0) is 4.79 Å². The molecular weight excluding hydrogens is 260 g/mol. The maximum absolute atomic E-state index is 11.9. The topological polar surface area (TPSA) is 32.3 Å². The quantitative estimate of drug-likeness (QED) is 0.708. The summed E-state index contributed by atoms with van der Waals surface area (Å²) in [6, 6.07) is 10.6. The van der Waals surface area contributed by atoms with Gasteiger partial charge in [-0.05, 0) is 31.2 Å². The first-order valence-electron chi connectivity index (χ1n) is 8.13. The van der Waals surface area contributed by atoms with Gasteiger partial charge in [0, 0.05) is 32.6 Å². The lowest BCUT2D eigenvalue weighted by Crippen LogP contribution is -2.34. The van der Waals surface area contributed by atoms with Crippen molar-refractivity contribution < 1.29 is 4.79 Å². The SMILES string of the molecule is CCN(CC)C(=O)CCNCC(c1ccccc1)C(C)C. The third-order valence-electron chi connectivity index (χ3n) is 4.03. The van der Waals surface area contributed by atoms with E-state index in [1.165, 1.54) is 5.56 Å². The minimum Gasteiger partial charge on any atom is -0.343 e. The van der Waals surface area contributed by atoms with Crippen molar-refractivity contribution in [2.75, 3.05) is 26.2 Å². The molecule has 0 aliphatic carbocycles. The number of nitrogens with zero attached hydrogens (tertiary/aromatic N) is 1. The van der Waals surface area contributed by atoms with Gasteiger partial charge in [-0.1, -0.05) is 44.2 Å². The highest BCUT2D eigenvalue weighted by atomic mass is 16.2. The van der Waals surface area contributed by atoms with Crippen LogP contribution in [0.1, 0.15) is 45.6 Å². The van der Waals surface area contributed by atoms with E-state index in [1.54, 1.807) is 0 Å². The number of carbonyl (C=O) groups excluding carboxylic acids is 1. The molecule has 0 aromatic heterocycles. The van der Waals surface area contributed by atoms with Crippen molar-refractivity contribution in [3.63, 3.8) is 0 Å². The van der Waals surface area contributed by atoms with Crippen molar-refractivity contribution in [3.8, 4) is 0 Å². The van der Waals surface area contributed by atoms with Gasteiger partial charge in [0.15, 0.2) is 0 Å². The Hall–Kier alpha value is -1.35. The second-order valence-electron chi connectivity index (χ2n) is 5.78. The zero-order valence-electron chi connectivity index (χ0n) is 13.9. The van der Waals surface area contributed by atoms with Crippen LogP contribution in [0.4, 0.5) is 0 Å². The van der Waals surface area contributed by atoms with Crippen molar-refractivity contribution in [3.05, 3.63) is 35.9 Å². The van der Waals surface area contributed by atoms with E-state index in [0.29, 0.717) is 18.3 Å². The smallest absolute Gasteiger partial charge is 0.223 e. The zero-order chi connectivity index (χ0) is 15.7. The van der Waals surface area contributed by atoms with Crippen LogP contribution < -0.4 is 5.32 Å². The Bertz CT molecular complexity index is 399. The molecule has 0 saturated carbocycles. The van der Waals surface area contributed by atoms with E-state index in [2.05, 4.69) is 49.5 Å². The van der Waals surface area contributed by atoms with E-state index in [0.717, 1.165) is 26.2 Å². The Labute approximate surface area is 129 Å². The van der Waals surface area contributed by atoms with E-state index >= 15 is 0 Å². The molecule has 1 aromatic carbocycles. The summed E-state index contributed by atoms with van der Waals surface area (Å²) in [6.07, 6.45) is 0.585. The van der Waals surface area contributed by atoms with Gasteiger partial charge in [-0.2, -0.15) is 0 Å². The molecule has 0 spiro atoms. The van der Waals surface area contributed by atoms with Gasteiger partial charge in [0.2, 0.25) is 5.91 Å². The van der Waals surface area contributed by atoms with Crippen LogP contribution in [0.2, 0.25) is 0 Å². The standard InChI is InChI=1S/C18H30N2O/c1-5-20(6-2)18(21)12-13-19-14-17(15(3)4)16-10-8-7-9-11-16/h7-11,15,17,19H,5-6,12-14H2,1-4H3. The highest BCUT2D eigenvalue weighted by Gasteiger charge is 2.15. The van der Waals surface area contributed by atoms with E-state index in [4.69, 9.17) is 0 Å². The van der Waals surface area contributed by atoms with E-state index in [1.807, 2.05) is 18.7 Å². The van der Waals surface area contributed by atoms with E-state index < -0.39 is 0 Å². The Morgan fingerprint density at radius 3 is 2.29 bits per heavy atom. The molecule has 0 aliphatic rings. The van der Waals surface area contributed by atoms with Crippen molar-refractivity contribution in [1.82, 2.24) is 10.2 Å². The molecule has 1 aromatic rings. The molecule has 1 rings (SSSR count). The lowest BCUT2D eigenvalue weighted by Gasteiger charge is -2.23. The number of hydrogen-bond donors (Lipinski definition) is 1. The molecule has 0 radical (unpaired) electrons. The van der Waals surface area contributed by atoms with Crippen molar-refractivity contribution in [2.45, 2.75) is 40.0 Å². The second-order valence-corrected chi connectivity index (χ2v) is 5.78. The van der Waals surface area contributed by atoms with Gasteiger partial charge in [0.05, 0.1) is 0 Å². The van der Waals surface area contributed by atoms with Gasteiger partial charge in [-0.25, -0.2) is 0 Å². The van der Waals surface area contributed by atoms with E-state index in [9.17, 15) is 4.79 Å². The molecule has 0 bridgehead atoms. The Morgan fingerprint density at radius 2 is 1.76 bits per heavy atom. The number of nitrogens with one attached hydrogen (secondary N) is 1. The summed E-state index contributed by atoms with van der Waals surface area (Å²) in [5.74, 6) is 1.32. The van der Waals surface area contributed by atoms with Crippen LogP contribution in [0.3, 0.4) is 0 Å². The van der Waals surface area contributed by atoms with Gasteiger partial charge in [-0.15, -0.1) is 0 Å². The van der Waals surface area contributed by atoms with E-state index in [-0.39, 0.29) is 5.91 Å². The molecule has 1 amide bonds. The van der Waals surface area contributed by atoms with Gasteiger partial charge >= 0.3 is 0 Å². The average molecular weight is 290 g/mol. The third kappa shape index (κ3) is 5.88. The van der Waals surface area contributed by atoms with Gasteiger partial charge in [0.1, 0.15) is 0 Å². The molecule has 0 aliphatic heterocycles. The fourth-order valence-corrected chi connectivity index (χ4v) is 2.63. The van der Waals surface area contributed by atoms with Crippen LogP contribution >= 0.6 is 0 Å². The average Bonchev–Trinajstić information content (AvgIpc) is 2.49. The van der Waals surface area contributed by atoms with Crippen LogP contribution in [0, 0.1) is 5.92 Å². The number of hydrogen-bond acceptors (Lipinski definition) is 2. The monoisotopic (exact) mass is 290 g/mol. The summed E-state index contributed by atoms with van der Waals surface area (Å²) < 4.78 is 0. The largest absolute Gasteiger partial charge is 0.343 e. The maximum Gasteiger partial charge on any atom is 0.223 e. The summed E-state index contributed by atoms with van der Waals surface area (Å²) in [7, 11) is 0. The summed E-state index contributed by atoms with van der Waals surface area (Å²) in [4.78, 5) is 13.8. The number of amides is 1. The summed E-state index contributed by atoms with van der Waals surface area (Å²) in [5, 5.41) is 3.45.